The first-order valence-electron chi connectivity index (χ1n) is 10.2. The van der Waals surface area contributed by atoms with Crippen LogP contribution in [0.2, 0.25) is 5.02 Å². The molecule has 4 aromatic rings. The van der Waals surface area contributed by atoms with Crippen LogP contribution in [0.1, 0.15) is 27.9 Å². The van der Waals surface area contributed by atoms with Gasteiger partial charge in [-0.1, -0.05) is 35.9 Å². The zero-order chi connectivity index (χ0) is 23.8. The molecule has 170 valence electrons. The minimum atomic E-state index is -3.54. The number of sulfone groups is 1. The van der Waals surface area contributed by atoms with Gasteiger partial charge >= 0.3 is 5.97 Å². The number of hydrogen-bond acceptors (Lipinski definition) is 3. The van der Waals surface area contributed by atoms with Crippen molar-refractivity contribution in [2.45, 2.75) is 30.4 Å². The summed E-state index contributed by atoms with van der Waals surface area (Å²) in [7, 11) is -3.54. The number of aryl methyl sites for hydroxylation is 1. The SMILES string of the molecule is Cc1[nH]c2ccc(F)c(CC(=O)O)c2c1Cc1ccc(S(=O)(=O)Cc2ccc(Cl)cc2)cc1. The van der Waals surface area contributed by atoms with E-state index < -0.39 is 28.0 Å². The van der Waals surface area contributed by atoms with Crippen molar-refractivity contribution >= 4 is 38.3 Å². The molecule has 1 aromatic heterocycles. The molecule has 0 atom stereocenters. The zero-order valence-electron chi connectivity index (χ0n) is 17.7. The molecule has 2 N–H and O–H groups in total. The summed E-state index contributed by atoms with van der Waals surface area (Å²) in [6.45, 7) is 1.85. The minimum absolute atomic E-state index is 0.136. The molecule has 0 fully saturated rings. The van der Waals surface area contributed by atoms with Crippen molar-refractivity contribution in [2.75, 3.05) is 0 Å². The summed E-state index contributed by atoms with van der Waals surface area (Å²) >= 11 is 5.86. The molecule has 3 aromatic carbocycles. The van der Waals surface area contributed by atoms with Gasteiger partial charge in [0.05, 0.1) is 17.1 Å². The molecule has 0 unspecified atom stereocenters. The van der Waals surface area contributed by atoms with Gasteiger partial charge in [-0.3, -0.25) is 4.79 Å². The van der Waals surface area contributed by atoms with Gasteiger partial charge in [-0.2, -0.15) is 0 Å². The van der Waals surface area contributed by atoms with Gasteiger partial charge in [0.2, 0.25) is 0 Å². The third kappa shape index (κ3) is 4.94. The number of aromatic nitrogens is 1. The van der Waals surface area contributed by atoms with Crippen LogP contribution in [0.25, 0.3) is 10.9 Å². The highest BCUT2D eigenvalue weighted by Gasteiger charge is 2.19. The summed E-state index contributed by atoms with van der Waals surface area (Å²) in [5.74, 6) is -1.81. The lowest BCUT2D eigenvalue weighted by Gasteiger charge is -2.09. The van der Waals surface area contributed by atoms with Gasteiger partial charge < -0.3 is 10.1 Å². The van der Waals surface area contributed by atoms with Crippen LogP contribution in [-0.2, 0) is 33.2 Å². The van der Waals surface area contributed by atoms with Crippen LogP contribution >= 0.6 is 11.6 Å². The van der Waals surface area contributed by atoms with E-state index in [0.29, 0.717) is 27.9 Å². The third-order valence-electron chi connectivity index (χ3n) is 5.59. The van der Waals surface area contributed by atoms with Crippen LogP contribution in [0.4, 0.5) is 4.39 Å². The maximum atomic E-state index is 14.4. The Kier molecular flexibility index (Phi) is 6.28. The normalized spacial score (nSPS) is 11.7. The Labute approximate surface area is 195 Å². The summed E-state index contributed by atoms with van der Waals surface area (Å²) in [6, 6.07) is 16.1. The average Bonchev–Trinajstić information content (AvgIpc) is 3.07. The molecule has 0 radical (unpaired) electrons. The number of rotatable bonds is 7. The van der Waals surface area contributed by atoms with Gasteiger partial charge in [-0.15, -0.1) is 0 Å². The molecule has 0 aliphatic heterocycles. The molecular weight excluding hydrogens is 465 g/mol. The Balaban J connectivity index is 1.63. The second-order valence-corrected chi connectivity index (χ2v) is 10.4. The lowest BCUT2D eigenvalue weighted by atomic mass is 9.97. The number of carboxylic acid groups (broad SMARTS) is 1. The molecule has 8 heteroatoms. The second-order valence-electron chi connectivity index (χ2n) is 7.95. The number of halogens is 2. The Hall–Kier alpha value is -3.16. The molecule has 1 heterocycles. The van der Waals surface area contributed by atoms with E-state index in [0.717, 1.165) is 16.8 Å². The lowest BCUT2D eigenvalue weighted by Crippen LogP contribution is -2.05. The van der Waals surface area contributed by atoms with Crippen molar-refractivity contribution in [2.24, 2.45) is 0 Å². The quantitative estimate of drug-likeness (QED) is 0.364. The Bertz CT molecular complexity index is 1440. The standard InChI is InChI=1S/C25H21ClFNO4S/c1-15-20(25-21(13-24(29)30)22(27)10-11-23(25)28-15)12-16-4-8-19(9-5-16)33(31,32)14-17-2-6-18(26)7-3-17/h2-11,28H,12-14H2,1H3,(H,29,30). The number of benzene rings is 3. The summed E-state index contributed by atoms with van der Waals surface area (Å²) in [5, 5.41) is 10.3. The smallest absolute Gasteiger partial charge is 0.307 e. The maximum Gasteiger partial charge on any atom is 0.307 e. The third-order valence-corrected chi connectivity index (χ3v) is 7.55. The number of carbonyl (C=O) groups is 1. The van der Waals surface area contributed by atoms with E-state index in [1.54, 1.807) is 54.6 Å². The largest absolute Gasteiger partial charge is 0.481 e. The molecule has 5 nitrogen and oxygen atoms in total. The van der Waals surface area contributed by atoms with Crippen molar-refractivity contribution in [3.8, 4) is 0 Å². The molecule has 33 heavy (non-hydrogen) atoms. The first kappa shape index (κ1) is 23.0. The Morgan fingerprint density at radius 3 is 2.24 bits per heavy atom. The van der Waals surface area contributed by atoms with E-state index in [-0.39, 0.29) is 16.2 Å². The second kappa shape index (κ2) is 9.00. The van der Waals surface area contributed by atoms with Gasteiger partial charge in [0.1, 0.15) is 5.82 Å². The number of H-pyrrole nitrogens is 1. The molecular formula is C25H21ClFNO4S. The fraction of sp³-hybridized carbons (Fsp3) is 0.160. The van der Waals surface area contributed by atoms with E-state index in [4.69, 9.17) is 11.6 Å². The summed E-state index contributed by atoms with van der Waals surface area (Å²) in [4.78, 5) is 14.7. The van der Waals surface area contributed by atoms with Gasteiger partial charge in [0, 0.05) is 27.2 Å². The number of carboxylic acids is 1. The number of aliphatic carboxylic acids is 1. The Morgan fingerprint density at radius 2 is 1.61 bits per heavy atom. The summed E-state index contributed by atoms with van der Waals surface area (Å²) in [5.41, 5.74) is 3.88. The first-order chi connectivity index (χ1) is 15.6. The van der Waals surface area contributed by atoms with Crippen LogP contribution in [0.15, 0.2) is 65.6 Å². The van der Waals surface area contributed by atoms with Gasteiger partial charge in [0.15, 0.2) is 9.84 Å². The highest BCUT2D eigenvalue weighted by atomic mass is 35.5. The molecule has 0 saturated heterocycles. The molecule has 0 aliphatic carbocycles. The number of aromatic amines is 1. The van der Waals surface area contributed by atoms with Crippen molar-refractivity contribution in [3.05, 3.63) is 99.5 Å². The van der Waals surface area contributed by atoms with Gasteiger partial charge in [-0.05, 0) is 66.4 Å². The van der Waals surface area contributed by atoms with Crippen LogP contribution in [-0.4, -0.2) is 24.5 Å². The summed E-state index contributed by atoms with van der Waals surface area (Å²) in [6.07, 6.45) is -0.0191. The fourth-order valence-electron chi connectivity index (χ4n) is 3.98. The van der Waals surface area contributed by atoms with Gasteiger partial charge in [0.25, 0.3) is 0 Å². The molecule has 0 bridgehead atoms. The number of nitrogens with one attached hydrogen (secondary N) is 1. The predicted molar refractivity (Wildman–Crippen MR) is 126 cm³/mol. The topological polar surface area (TPSA) is 87.2 Å². The minimum Gasteiger partial charge on any atom is -0.481 e. The van der Waals surface area contributed by atoms with Crippen LogP contribution < -0.4 is 0 Å². The van der Waals surface area contributed by atoms with Crippen molar-refractivity contribution < 1.29 is 22.7 Å². The number of hydrogen-bond donors (Lipinski definition) is 2. The molecule has 0 spiro atoms. The van der Waals surface area contributed by atoms with E-state index in [1.165, 1.54) is 6.07 Å². The number of fused-ring (bicyclic) bond motifs is 1. The van der Waals surface area contributed by atoms with Gasteiger partial charge in [-0.25, -0.2) is 12.8 Å². The lowest BCUT2D eigenvalue weighted by molar-refractivity contribution is -0.136. The van der Waals surface area contributed by atoms with E-state index in [1.807, 2.05) is 6.92 Å². The average molecular weight is 486 g/mol. The van der Waals surface area contributed by atoms with Crippen LogP contribution in [0, 0.1) is 12.7 Å². The molecule has 0 saturated carbocycles. The van der Waals surface area contributed by atoms with Crippen LogP contribution in [0.3, 0.4) is 0 Å². The monoisotopic (exact) mass is 485 g/mol. The van der Waals surface area contributed by atoms with Crippen LogP contribution in [0.5, 0.6) is 0 Å². The predicted octanol–water partition coefficient (Wildman–Crippen LogP) is 5.46. The molecule has 4 rings (SSSR count). The van der Waals surface area contributed by atoms with E-state index in [2.05, 4.69) is 4.98 Å². The zero-order valence-corrected chi connectivity index (χ0v) is 19.3. The maximum absolute atomic E-state index is 14.4. The Morgan fingerprint density at radius 1 is 0.970 bits per heavy atom. The highest BCUT2D eigenvalue weighted by molar-refractivity contribution is 7.90. The first-order valence-corrected chi connectivity index (χ1v) is 12.2. The molecule has 0 amide bonds. The summed E-state index contributed by atoms with van der Waals surface area (Å²) < 4.78 is 40.0. The van der Waals surface area contributed by atoms with Crippen molar-refractivity contribution in [1.29, 1.82) is 0 Å². The highest BCUT2D eigenvalue weighted by Crippen LogP contribution is 2.30. The van der Waals surface area contributed by atoms with E-state index in [9.17, 15) is 22.7 Å². The molecule has 0 aliphatic rings. The van der Waals surface area contributed by atoms with E-state index >= 15 is 0 Å². The van der Waals surface area contributed by atoms with Crippen molar-refractivity contribution in [1.82, 2.24) is 4.98 Å². The van der Waals surface area contributed by atoms with Crippen molar-refractivity contribution in [3.63, 3.8) is 0 Å². The fourth-order valence-corrected chi connectivity index (χ4v) is 5.46.